The molecule has 0 bridgehead atoms. The predicted octanol–water partition coefficient (Wildman–Crippen LogP) is -0.706. The van der Waals surface area contributed by atoms with Crippen LogP contribution in [0.15, 0.2) is 12.2 Å². The van der Waals surface area contributed by atoms with Gasteiger partial charge in [0.15, 0.2) is 0 Å². The van der Waals surface area contributed by atoms with Crippen LogP contribution < -0.4 is 18.9 Å². The molecule has 1 atom stereocenters. The summed E-state index contributed by atoms with van der Waals surface area (Å²) in [6.07, 6.45) is 4.87. The van der Waals surface area contributed by atoms with Gasteiger partial charge in [0.25, 0.3) is 0 Å². The van der Waals surface area contributed by atoms with Crippen molar-refractivity contribution in [1.29, 1.82) is 0 Å². The fraction of sp³-hybridized carbons (Fsp3) is 0.625. The van der Waals surface area contributed by atoms with Gasteiger partial charge in [0.05, 0.1) is 0 Å². The summed E-state index contributed by atoms with van der Waals surface area (Å²) < 4.78 is 0. The summed E-state index contributed by atoms with van der Waals surface area (Å²) >= 11 is 0. The van der Waals surface area contributed by atoms with E-state index in [4.69, 9.17) is 0 Å². The van der Waals surface area contributed by atoms with Crippen molar-refractivity contribution in [2.75, 3.05) is 0 Å². The van der Waals surface area contributed by atoms with E-state index in [1.807, 2.05) is 26.0 Å². The van der Waals surface area contributed by atoms with Gasteiger partial charge in [-0.05, 0) is 20.3 Å². The standard InChI is InChI=1S/C8H14O.Li.H/c1-4-5-6-7(2)8(3)9;;/h4-5,7H,6H2,1-3H3;;/q;+1;-1. The second-order valence-corrected chi connectivity index (χ2v) is 2.32. The van der Waals surface area contributed by atoms with E-state index in [1.165, 1.54) is 0 Å². The fourth-order valence-electron chi connectivity index (χ4n) is 0.506. The third kappa shape index (κ3) is 6.13. The first kappa shape index (κ1) is 12.7. The molecule has 0 aliphatic heterocycles. The number of hydrogen-bond acceptors (Lipinski definition) is 1. The minimum absolute atomic E-state index is 0. The average molecular weight is 134 g/mol. The van der Waals surface area contributed by atoms with E-state index in [2.05, 4.69) is 0 Å². The smallest absolute Gasteiger partial charge is 1.00 e. The molecule has 0 fully saturated rings. The van der Waals surface area contributed by atoms with Gasteiger partial charge in [-0.25, -0.2) is 0 Å². The van der Waals surface area contributed by atoms with Crippen LogP contribution in [-0.4, -0.2) is 5.78 Å². The Morgan fingerprint density at radius 1 is 1.70 bits per heavy atom. The normalized spacial score (nSPS) is 12.7. The zero-order valence-corrected chi connectivity index (χ0v) is 7.35. The largest absolute Gasteiger partial charge is 1.00 e. The number of allylic oxidation sites excluding steroid dienone is 2. The van der Waals surface area contributed by atoms with Gasteiger partial charge in [-0.2, -0.15) is 0 Å². The quantitative estimate of drug-likeness (QED) is 0.368. The van der Waals surface area contributed by atoms with Gasteiger partial charge < -0.3 is 1.43 Å². The molecule has 0 radical (unpaired) electrons. The number of carbonyl (C=O) groups is 1. The number of carbonyl (C=O) groups excluding carboxylic acids is 1. The van der Waals surface area contributed by atoms with Crippen molar-refractivity contribution in [3.05, 3.63) is 12.2 Å². The summed E-state index contributed by atoms with van der Waals surface area (Å²) in [4.78, 5) is 10.6. The fourth-order valence-corrected chi connectivity index (χ4v) is 0.506. The molecule has 10 heavy (non-hydrogen) atoms. The summed E-state index contributed by atoms with van der Waals surface area (Å²) in [6, 6.07) is 0. The topological polar surface area (TPSA) is 17.1 Å². The molecule has 0 spiro atoms. The molecule has 54 valence electrons. The van der Waals surface area contributed by atoms with Crippen molar-refractivity contribution >= 4 is 5.78 Å². The zero-order valence-electron chi connectivity index (χ0n) is 8.35. The van der Waals surface area contributed by atoms with Crippen LogP contribution in [0, 0.1) is 5.92 Å². The molecule has 0 N–H and O–H groups in total. The molecular weight excluding hydrogens is 119 g/mol. The first-order valence-corrected chi connectivity index (χ1v) is 3.30. The molecule has 0 saturated heterocycles. The van der Waals surface area contributed by atoms with E-state index in [9.17, 15) is 4.79 Å². The second-order valence-electron chi connectivity index (χ2n) is 2.32. The van der Waals surface area contributed by atoms with E-state index in [0.717, 1.165) is 6.42 Å². The Kier molecular flexibility index (Phi) is 9.01. The summed E-state index contributed by atoms with van der Waals surface area (Å²) in [6.45, 7) is 5.54. The van der Waals surface area contributed by atoms with Crippen LogP contribution in [0.5, 0.6) is 0 Å². The third-order valence-corrected chi connectivity index (χ3v) is 1.42. The average Bonchev–Trinajstić information content (AvgIpc) is 1.82. The summed E-state index contributed by atoms with van der Waals surface area (Å²) in [7, 11) is 0. The van der Waals surface area contributed by atoms with Crippen LogP contribution in [0.2, 0.25) is 0 Å². The molecule has 0 aromatic carbocycles. The molecular formula is C8H15LiO. The van der Waals surface area contributed by atoms with Gasteiger partial charge in [0.2, 0.25) is 0 Å². The Bertz CT molecular complexity index is 123. The van der Waals surface area contributed by atoms with Crippen LogP contribution in [0.25, 0.3) is 0 Å². The van der Waals surface area contributed by atoms with Gasteiger partial charge in [-0.15, -0.1) is 0 Å². The Labute approximate surface area is 76.5 Å². The molecule has 0 aliphatic rings. The molecule has 0 saturated carbocycles. The number of Topliss-reactive ketones (excluding diaryl/α,β-unsaturated/α-hetero) is 1. The second kappa shape index (κ2) is 7.12. The third-order valence-electron chi connectivity index (χ3n) is 1.42. The van der Waals surface area contributed by atoms with Crippen molar-refractivity contribution in [2.45, 2.75) is 27.2 Å². The molecule has 0 aromatic rings. The van der Waals surface area contributed by atoms with E-state index < -0.39 is 0 Å². The Hall–Kier alpha value is 0.00740. The molecule has 0 amide bonds. The minimum atomic E-state index is 0. The van der Waals surface area contributed by atoms with Crippen molar-refractivity contribution < 1.29 is 25.1 Å². The number of hydrogen-bond donors (Lipinski definition) is 0. The first-order chi connectivity index (χ1) is 4.18. The SMILES string of the molecule is CC=CCC(C)C(C)=O.[H-].[Li+]. The number of ketones is 1. The molecule has 1 nitrogen and oxygen atoms in total. The Morgan fingerprint density at radius 3 is 2.50 bits per heavy atom. The van der Waals surface area contributed by atoms with Gasteiger partial charge in [-0.3, -0.25) is 4.79 Å². The van der Waals surface area contributed by atoms with Crippen molar-refractivity contribution in [3.8, 4) is 0 Å². The van der Waals surface area contributed by atoms with Crippen LogP contribution in [-0.2, 0) is 4.79 Å². The van der Waals surface area contributed by atoms with Crippen LogP contribution >= 0.6 is 0 Å². The van der Waals surface area contributed by atoms with Gasteiger partial charge in [0, 0.05) is 5.92 Å². The maximum Gasteiger partial charge on any atom is 1.00 e. The van der Waals surface area contributed by atoms with E-state index in [0.29, 0.717) is 0 Å². The van der Waals surface area contributed by atoms with Crippen molar-refractivity contribution in [1.82, 2.24) is 0 Å². The molecule has 0 aromatic heterocycles. The van der Waals surface area contributed by atoms with Crippen LogP contribution in [0.3, 0.4) is 0 Å². The van der Waals surface area contributed by atoms with Crippen molar-refractivity contribution in [3.63, 3.8) is 0 Å². The Morgan fingerprint density at radius 2 is 2.20 bits per heavy atom. The van der Waals surface area contributed by atoms with Gasteiger partial charge >= 0.3 is 18.9 Å². The Balaban J connectivity index is -0.000000320. The number of rotatable bonds is 3. The predicted molar refractivity (Wildman–Crippen MR) is 40.4 cm³/mol. The molecule has 0 aliphatic carbocycles. The van der Waals surface area contributed by atoms with E-state index in [1.54, 1.807) is 6.92 Å². The minimum Gasteiger partial charge on any atom is -1.00 e. The van der Waals surface area contributed by atoms with E-state index >= 15 is 0 Å². The summed E-state index contributed by atoms with van der Waals surface area (Å²) in [5, 5.41) is 0. The van der Waals surface area contributed by atoms with Crippen LogP contribution in [0.1, 0.15) is 28.6 Å². The van der Waals surface area contributed by atoms with Gasteiger partial charge in [0.1, 0.15) is 5.78 Å². The first-order valence-electron chi connectivity index (χ1n) is 3.30. The summed E-state index contributed by atoms with van der Waals surface area (Å²) in [5.74, 6) is 0.467. The molecule has 0 rings (SSSR count). The van der Waals surface area contributed by atoms with E-state index in [-0.39, 0.29) is 32.0 Å². The molecule has 2 heteroatoms. The van der Waals surface area contributed by atoms with Crippen molar-refractivity contribution in [2.24, 2.45) is 5.92 Å². The summed E-state index contributed by atoms with van der Waals surface area (Å²) in [5.41, 5.74) is 0. The molecule has 1 unspecified atom stereocenters. The maximum atomic E-state index is 10.6. The monoisotopic (exact) mass is 134 g/mol. The molecule has 0 heterocycles. The van der Waals surface area contributed by atoms with Gasteiger partial charge in [-0.1, -0.05) is 19.1 Å². The van der Waals surface area contributed by atoms with Crippen LogP contribution in [0.4, 0.5) is 0 Å². The maximum absolute atomic E-state index is 10.6. The zero-order chi connectivity index (χ0) is 7.28.